The first kappa shape index (κ1) is 24.9. The van der Waals surface area contributed by atoms with Gasteiger partial charge in [-0.15, -0.1) is 0 Å². The van der Waals surface area contributed by atoms with Crippen LogP contribution in [0.2, 0.25) is 0 Å². The second-order valence-electron chi connectivity index (χ2n) is 8.99. The van der Waals surface area contributed by atoms with Crippen molar-refractivity contribution in [1.82, 2.24) is 24.3 Å². The summed E-state index contributed by atoms with van der Waals surface area (Å²) >= 11 is 0. The molecule has 0 aliphatic heterocycles. The van der Waals surface area contributed by atoms with E-state index in [1.165, 1.54) is 39.7 Å². The Hall–Kier alpha value is -4.80. The van der Waals surface area contributed by atoms with Gasteiger partial charge in [0.15, 0.2) is 17.4 Å². The van der Waals surface area contributed by atoms with Crippen LogP contribution in [0.5, 0.6) is 5.75 Å². The molecule has 0 spiro atoms. The molecule has 11 heteroatoms. The van der Waals surface area contributed by atoms with Gasteiger partial charge in [0.05, 0.1) is 11.0 Å². The molecule has 0 fully saturated rings. The Balaban J connectivity index is 1.51. The Labute approximate surface area is 215 Å². The molecule has 194 valence electrons. The van der Waals surface area contributed by atoms with Crippen molar-refractivity contribution in [3.05, 3.63) is 93.9 Å². The largest absolute Gasteiger partial charge is 0.482 e. The van der Waals surface area contributed by atoms with Gasteiger partial charge < -0.3 is 10.1 Å². The zero-order valence-electron chi connectivity index (χ0n) is 20.9. The van der Waals surface area contributed by atoms with Crippen LogP contribution in [-0.4, -0.2) is 30.2 Å². The minimum absolute atomic E-state index is 0.0286. The Morgan fingerprint density at radius 3 is 2.66 bits per heavy atom. The number of aromatic nitrogens is 5. The van der Waals surface area contributed by atoms with Crippen molar-refractivity contribution in [3.63, 3.8) is 0 Å². The molecule has 2 heterocycles. The number of H-pyrrole nitrogens is 1. The highest BCUT2D eigenvalue weighted by Gasteiger charge is 2.20. The summed E-state index contributed by atoms with van der Waals surface area (Å²) in [4.78, 5) is 29.9. The number of halogens is 2. The number of hydrogen-bond donors (Lipinski definition) is 2. The van der Waals surface area contributed by atoms with Gasteiger partial charge in [-0.2, -0.15) is 5.10 Å². The lowest BCUT2D eigenvalue weighted by molar-refractivity contribution is -0.116. The van der Waals surface area contributed by atoms with E-state index >= 15 is 4.39 Å². The summed E-state index contributed by atoms with van der Waals surface area (Å²) in [5, 5.41) is 9.03. The van der Waals surface area contributed by atoms with Crippen molar-refractivity contribution in [3.8, 4) is 16.9 Å². The lowest BCUT2D eigenvalue weighted by Gasteiger charge is -2.13. The van der Waals surface area contributed by atoms with E-state index < -0.39 is 23.2 Å². The van der Waals surface area contributed by atoms with E-state index in [0.717, 1.165) is 5.56 Å². The van der Waals surface area contributed by atoms with Gasteiger partial charge >= 0.3 is 5.69 Å². The first-order valence-electron chi connectivity index (χ1n) is 11.7. The van der Waals surface area contributed by atoms with Gasteiger partial charge in [-0.3, -0.25) is 19.0 Å². The van der Waals surface area contributed by atoms with Gasteiger partial charge in [-0.1, -0.05) is 6.07 Å². The number of nitrogens with one attached hydrogen (secondary N) is 2. The molecule has 5 aromatic rings. The molecule has 0 saturated heterocycles. The maximum atomic E-state index is 15.2. The number of amides is 1. The lowest BCUT2D eigenvalue weighted by Crippen LogP contribution is -2.28. The standard InChI is InChI=1S/C27H24F2N6O3/c1-15-7-20(17-9-16(2)26(21(29)10-17)38-13-23-30-14-31-33-23)25-22(8-15)35(27(37)34(25)3)12-24(36)32-19-6-4-5-18(28)11-19/h4-11,14H,12-13H2,1-3H3,(H,32,36)(H,30,31,33). The van der Waals surface area contributed by atoms with E-state index in [9.17, 15) is 14.0 Å². The highest BCUT2D eigenvalue weighted by Crippen LogP contribution is 2.34. The predicted octanol–water partition coefficient (Wildman–Crippen LogP) is 4.24. The topological polar surface area (TPSA) is 107 Å². The summed E-state index contributed by atoms with van der Waals surface area (Å²) in [7, 11) is 1.60. The third-order valence-electron chi connectivity index (χ3n) is 6.15. The van der Waals surface area contributed by atoms with Crippen LogP contribution < -0.4 is 15.7 Å². The van der Waals surface area contributed by atoms with Gasteiger partial charge in [0, 0.05) is 18.3 Å². The maximum Gasteiger partial charge on any atom is 0.329 e. The molecule has 0 radical (unpaired) electrons. The fraction of sp³-hybridized carbons (Fsp3) is 0.185. The summed E-state index contributed by atoms with van der Waals surface area (Å²) in [5.74, 6) is -0.973. The molecule has 0 unspecified atom stereocenters. The first-order chi connectivity index (χ1) is 18.2. The molecule has 5 rings (SSSR count). The number of carbonyl (C=O) groups excluding carboxylic acids is 1. The minimum atomic E-state index is -0.562. The normalized spacial score (nSPS) is 11.2. The van der Waals surface area contributed by atoms with E-state index in [4.69, 9.17) is 4.74 Å². The van der Waals surface area contributed by atoms with E-state index in [-0.39, 0.29) is 24.6 Å². The molecule has 1 amide bonds. The molecule has 9 nitrogen and oxygen atoms in total. The van der Waals surface area contributed by atoms with Crippen LogP contribution >= 0.6 is 0 Å². The van der Waals surface area contributed by atoms with Crippen molar-refractivity contribution in [1.29, 1.82) is 0 Å². The minimum Gasteiger partial charge on any atom is -0.482 e. The van der Waals surface area contributed by atoms with Crippen molar-refractivity contribution in [2.24, 2.45) is 7.05 Å². The number of carbonyl (C=O) groups is 1. The van der Waals surface area contributed by atoms with E-state index in [1.54, 1.807) is 32.2 Å². The smallest absolute Gasteiger partial charge is 0.329 e. The number of benzene rings is 3. The zero-order chi connectivity index (χ0) is 27.0. The van der Waals surface area contributed by atoms with Crippen LogP contribution in [0.15, 0.2) is 59.7 Å². The van der Waals surface area contributed by atoms with Crippen molar-refractivity contribution in [2.75, 3.05) is 5.32 Å². The van der Waals surface area contributed by atoms with E-state index in [2.05, 4.69) is 20.5 Å². The lowest BCUT2D eigenvalue weighted by atomic mass is 9.99. The second-order valence-corrected chi connectivity index (χ2v) is 8.99. The summed E-state index contributed by atoms with van der Waals surface area (Å²) < 4.78 is 37.1. The molecule has 0 saturated carbocycles. The molecule has 2 aromatic heterocycles. The number of nitrogens with zero attached hydrogens (tertiary/aromatic N) is 4. The van der Waals surface area contributed by atoms with Crippen molar-refractivity contribution in [2.45, 2.75) is 27.0 Å². The second kappa shape index (κ2) is 9.92. The quantitative estimate of drug-likeness (QED) is 0.335. The van der Waals surface area contributed by atoms with Crippen LogP contribution in [0.1, 0.15) is 17.0 Å². The average Bonchev–Trinajstić information content (AvgIpc) is 3.46. The Kier molecular flexibility index (Phi) is 6.50. The highest BCUT2D eigenvalue weighted by molar-refractivity contribution is 5.96. The summed E-state index contributed by atoms with van der Waals surface area (Å²) in [6, 6.07) is 12.3. The van der Waals surface area contributed by atoms with Crippen molar-refractivity contribution < 1.29 is 18.3 Å². The van der Waals surface area contributed by atoms with Gasteiger partial charge in [0.1, 0.15) is 25.3 Å². The Morgan fingerprint density at radius 2 is 1.95 bits per heavy atom. The molecule has 0 aliphatic carbocycles. The third-order valence-corrected chi connectivity index (χ3v) is 6.15. The molecule has 0 atom stereocenters. The molecular formula is C27H24F2N6O3. The maximum absolute atomic E-state index is 15.2. The fourth-order valence-electron chi connectivity index (χ4n) is 4.49. The molecule has 0 bridgehead atoms. The Morgan fingerprint density at radius 1 is 1.13 bits per heavy atom. The van der Waals surface area contributed by atoms with Crippen LogP contribution in [0.3, 0.4) is 0 Å². The molecule has 0 aliphatic rings. The SMILES string of the molecule is Cc1cc(-c2cc(C)c(OCc3ncn[nH]3)c(F)c2)c2c(c1)n(CC(=O)Nc1cccc(F)c1)c(=O)n2C. The summed E-state index contributed by atoms with van der Waals surface area (Å²) in [6.45, 7) is 3.34. The number of rotatable bonds is 7. The number of aromatic amines is 1. The number of imidazole rings is 1. The van der Waals surface area contributed by atoms with Crippen LogP contribution in [0, 0.1) is 25.5 Å². The summed E-state index contributed by atoms with van der Waals surface area (Å²) in [5.41, 5.74) is 3.51. The highest BCUT2D eigenvalue weighted by atomic mass is 19.1. The van der Waals surface area contributed by atoms with Crippen LogP contribution in [-0.2, 0) is 25.0 Å². The number of fused-ring (bicyclic) bond motifs is 1. The molecule has 3 aromatic carbocycles. The number of ether oxygens (including phenoxy) is 1. The van der Waals surface area contributed by atoms with Gasteiger partial charge in [0.2, 0.25) is 5.91 Å². The van der Waals surface area contributed by atoms with Gasteiger partial charge in [0.25, 0.3) is 0 Å². The van der Waals surface area contributed by atoms with Gasteiger partial charge in [-0.05, 0) is 73.0 Å². The average molecular weight is 519 g/mol. The zero-order valence-corrected chi connectivity index (χ0v) is 20.9. The number of anilines is 1. The Bertz CT molecular complexity index is 1700. The molecular weight excluding hydrogens is 494 g/mol. The van der Waals surface area contributed by atoms with Gasteiger partial charge in [-0.25, -0.2) is 18.6 Å². The monoisotopic (exact) mass is 518 g/mol. The fourth-order valence-corrected chi connectivity index (χ4v) is 4.49. The number of hydrogen-bond acceptors (Lipinski definition) is 5. The van der Waals surface area contributed by atoms with Crippen molar-refractivity contribution >= 4 is 22.6 Å². The van der Waals surface area contributed by atoms with E-state index in [1.807, 2.05) is 13.0 Å². The summed E-state index contributed by atoms with van der Waals surface area (Å²) in [6.07, 6.45) is 1.34. The van der Waals surface area contributed by atoms with Crippen LogP contribution in [0.4, 0.5) is 14.5 Å². The first-order valence-corrected chi connectivity index (χ1v) is 11.7. The predicted molar refractivity (Wildman–Crippen MR) is 138 cm³/mol. The van der Waals surface area contributed by atoms with E-state index in [0.29, 0.717) is 33.5 Å². The molecule has 38 heavy (non-hydrogen) atoms. The third kappa shape index (κ3) is 4.77. The molecule has 2 N–H and O–H groups in total. The number of aryl methyl sites for hydroxylation is 3. The van der Waals surface area contributed by atoms with Crippen LogP contribution in [0.25, 0.3) is 22.2 Å².